The highest BCUT2D eigenvalue weighted by Gasteiger charge is 2.17. The molecule has 0 aliphatic carbocycles. The third-order valence-electron chi connectivity index (χ3n) is 3.32. The van der Waals surface area contributed by atoms with Gasteiger partial charge in [0.25, 0.3) is 0 Å². The minimum absolute atomic E-state index is 0.152. The number of benzene rings is 1. The number of hydrogen-bond donors (Lipinski definition) is 1. The van der Waals surface area contributed by atoms with E-state index in [0.29, 0.717) is 6.42 Å². The van der Waals surface area contributed by atoms with Crippen LogP contribution in [0.25, 0.3) is 0 Å². The van der Waals surface area contributed by atoms with E-state index in [-0.39, 0.29) is 16.9 Å². The quantitative estimate of drug-likeness (QED) is 0.648. The van der Waals surface area contributed by atoms with E-state index in [0.717, 1.165) is 22.3 Å². The van der Waals surface area contributed by atoms with Gasteiger partial charge in [-0.05, 0) is 65.5 Å². The largest absolute Gasteiger partial charge is 0.309 e. The lowest BCUT2D eigenvalue weighted by Gasteiger charge is -2.18. The van der Waals surface area contributed by atoms with Crippen LogP contribution in [0.4, 0.5) is 4.39 Å². The first kappa shape index (κ1) is 16.9. The lowest BCUT2D eigenvalue weighted by Crippen LogP contribution is -2.23. The van der Waals surface area contributed by atoms with Crippen LogP contribution in [0.3, 0.4) is 0 Å². The predicted molar refractivity (Wildman–Crippen MR) is 92.9 cm³/mol. The van der Waals surface area contributed by atoms with Crippen LogP contribution in [0.5, 0.6) is 0 Å². The van der Waals surface area contributed by atoms with E-state index in [9.17, 15) is 4.39 Å². The molecule has 1 N–H and O–H groups in total. The summed E-state index contributed by atoms with van der Waals surface area (Å²) < 4.78 is 14.7. The number of nitrogens with one attached hydrogen (secondary N) is 1. The zero-order chi connectivity index (χ0) is 15.4. The van der Waals surface area contributed by atoms with Gasteiger partial charge >= 0.3 is 0 Å². The van der Waals surface area contributed by atoms with Crippen LogP contribution in [0.15, 0.2) is 28.1 Å². The summed E-state index contributed by atoms with van der Waals surface area (Å²) in [7, 11) is 0. The summed E-state index contributed by atoms with van der Waals surface area (Å²) in [5, 5.41) is 3.76. The Morgan fingerprint density at radius 1 is 1.43 bits per heavy atom. The molecule has 0 radical (unpaired) electrons. The minimum Gasteiger partial charge on any atom is -0.309 e. The van der Waals surface area contributed by atoms with Gasteiger partial charge in [-0.15, -0.1) is 11.3 Å². The first-order valence-corrected chi connectivity index (χ1v) is 8.93. The second kappa shape index (κ2) is 7.73. The highest BCUT2D eigenvalue weighted by atomic mass is 79.9. The molecular weight excluding hydrogens is 373 g/mol. The van der Waals surface area contributed by atoms with Crippen molar-refractivity contribution in [1.29, 1.82) is 0 Å². The van der Waals surface area contributed by atoms with Crippen LogP contribution >= 0.6 is 38.9 Å². The van der Waals surface area contributed by atoms with Gasteiger partial charge in [0.15, 0.2) is 0 Å². The molecule has 114 valence electrons. The Bertz CT molecular complexity index is 595. The van der Waals surface area contributed by atoms with Gasteiger partial charge < -0.3 is 5.32 Å². The number of rotatable bonds is 6. The van der Waals surface area contributed by atoms with Crippen LogP contribution < -0.4 is 5.32 Å². The van der Waals surface area contributed by atoms with Crippen molar-refractivity contribution in [3.63, 3.8) is 0 Å². The van der Waals surface area contributed by atoms with E-state index in [4.69, 9.17) is 11.6 Å². The van der Waals surface area contributed by atoms with Crippen molar-refractivity contribution in [3.05, 3.63) is 54.9 Å². The van der Waals surface area contributed by atoms with Gasteiger partial charge in [0.05, 0.1) is 8.81 Å². The molecule has 0 saturated heterocycles. The van der Waals surface area contributed by atoms with E-state index in [1.807, 2.05) is 6.07 Å². The molecule has 1 aromatic carbocycles. The van der Waals surface area contributed by atoms with E-state index < -0.39 is 0 Å². The maximum atomic E-state index is 13.6. The number of halogens is 3. The third kappa shape index (κ3) is 4.28. The van der Waals surface area contributed by atoms with Crippen molar-refractivity contribution in [2.24, 2.45) is 0 Å². The van der Waals surface area contributed by atoms with Gasteiger partial charge in [-0.2, -0.15) is 0 Å². The van der Waals surface area contributed by atoms with Crippen molar-refractivity contribution >= 4 is 38.9 Å². The summed E-state index contributed by atoms with van der Waals surface area (Å²) in [6.07, 6.45) is 1.74. The van der Waals surface area contributed by atoms with E-state index in [2.05, 4.69) is 41.2 Å². The van der Waals surface area contributed by atoms with Gasteiger partial charge in [-0.1, -0.05) is 30.7 Å². The van der Waals surface area contributed by atoms with Crippen LogP contribution in [0.2, 0.25) is 5.02 Å². The van der Waals surface area contributed by atoms with E-state index in [1.165, 1.54) is 16.5 Å². The molecule has 0 aliphatic heterocycles. The van der Waals surface area contributed by atoms with Gasteiger partial charge in [-0.3, -0.25) is 0 Å². The molecule has 0 fully saturated rings. The molecule has 0 aliphatic rings. The van der Waals surface area contributed by atoms with Crippen molar-refractivity contribution in [2.75, 3.05) is 6.54 Å². The predicted octanol–water partition coefficient (Wildman–Crippen LogP) is 5.89. The van der Waals surface area contributed by atoms with Crippen LogP contribution in [0.1, 0.15) is 35.4 Å². The van der Waals surface area contributed by atoms with Gasteiger partial charge in [0.1, 0.15) is 5.82 Å². The zero-order valence-electron chi connectivity index (χ0n) is 12.1. The van der Waals surface area contributed by atoms with E-state index in [1.54, 1.807) is 17.4 Å². The van der Waals surface area contributed by atoms with Crippen molar-refractivity contribution in [3.8, 4) is 0 Å². The fourth-order valence-electron chi connectivity index (χ4n) is 2.17. The van der Waals surface area contributed by atoms with Gasteiger partial charge in [0, 0.05) is 10.9 Å². The molecule has 2 aromatic rings. The zero-order valence-corrected chi connectivity index (χ0v) is 15.2. The fourth-order valence-corrected chi connectivity index (χ4v) is 4.02. The second-order valence-corrected chi connectivity index (χ2v) is 7.81. The molecule has 21 heavy (non-hydrogen) atoms. The highest BCUT2D eigenvalue weighted by Crippen LogP contribution is 2.34. The summed E-state index contributed by atoms with van der Waals surface area (Å²) in [5.41, 5.74) is 2.07. The normalized spacial score (nSPS) is 12.6. The van der Waals surface area contributed by atoms with Crippen LogP contribution in [-0.4, -0.2) is 6.54 Å². The second-order valence-electron chi connectivity index (χ2n) is 5.03. The number of aryl methyl sites for hydroxylation is 1. The highest BCUT2D eigenvalue weighted by molar-refractivity contribution is 9.11. The van der Waals surface area contributed by atoms with Crippen molar-refractivity contribution < 1.29 is 4.39 Å². The molecule has 0 saturated carbocycles. The first-order valence-electron chi connectivity index (χ1n) is 6.95. The molecular formula is C16H18BrClFNS. The Labute approximate surface area is 142 Å². The molecule has 1 unspecified atom stereocenters. The van der Waals surface area contributed by atoms with Gasteiger partial charge in [0.2, 0.25) is 0 Å². The lowest BCUT2D eigenvalue weighted by molar-refractivity contribution is 0.534. The molecule has 1 nitrogen and oxygen atoms in total. The third-order valence-corrected chi connectivity index (χ3v) is 5.99. The Morgan fingerprint density at radius 3 is 2.81 bits per heavy atom. The standard InChI is InChI=1S/C16H18BrClFNS/c1-3-7-20-13(14-8-10(2)16(17)21-14)9-11-5-4-6-12(19)15(11)18/h4-6,8,13,20H,3,7,9H2,1-2H3. The fraction of sp³-hybridized carbons (Fsp3) is 0.375. The Morgan fingerprint density at radius 2 is 2.19 bits per heavy atom. The van der Waals surface area contributed by atoms with E-state index >= 15 is 0 Å². The molecule has 1 heterocycles. The summed E-state index contributed by atoms with van der Waals surface area (Å²) in [6, 6.07) is 7.32. The maximum absolute atomic E-state index is 13.6. The first-order chi connectivity index (χ1) is 10.0. The van der Waals surface area contributed by atoms with Crippen LogP contribution in [-0.2, 0) is 6.42 Å². The Balaban J connectivity index is 2.26. The lowest BCUT2D eigenvalue weighted by atomic mass is 10.0. The molecule has 5 heteroatoms. The topological polar surface area (TPSA) is 12.0 Å². The Hall–Kier alpha value is -0.420. The molecule has 0 spiro atoms. The summed E-state index contributed by atoms with van der Waals surface area (Å²) in [5.74, 6) is -0.355. The van der Waals surface area contributed by atoms with Crippen molar-refractivity contribution in [2.45, 2.75) is 32.7 Å². The minimum atomic E-state index is -0.355. The summed E-state index contributed by atoms with van der Waals surface area (Å²) in [4.78, 5) is 1.24. The molecule has 0 bridgehead atoms. The maximum Gasteiger partial charge on any atom is 0.142 e. The summed E-state index contributed by atoms with van der Waals surface area (Å²) >= 11 is 11.4. The molecule has 2 rings (SSSR count). The monoisotopic (exact) mass is 389 g/mol. The summed E-state index contributed by atoms with van der Waals surface area (Å²) in [6.45, 7) is 5.14. The Kier molecular flexibility index (Phi) is 6.23. The van der Waals surface area contributed by atoms with Crippen molar-refractivity contribution in [1.82, 2.24) is 5.32 Å². The van der Waals surface area contributed by atoms with Gasteiger partial charge in [-0.25, -0.2) is 4.39 Å². The average Bonchev–Trinajstić information content (AvgIpc) is 2.79. The molecule has 1 aromatic heterocycles. The molecule has 1 atom stereocenters. The average molecular weight is 391 g/mol. The SMILES string of the molecule is CCCNC(Cc1cccc(F)c1Cl)c1cc(C)c(Br)s1. The molecule has 0 amide bonds. The van der Waals surface area contributed by atoms with Crippen LogP contribution in [0, 0.1) is 12.7 Å². The number of hydrogen-bond acceptors (Lipinski definition) is 2. The number of thiophene rings is 1. The smallest absolute Gasteiger partial charge is 0.142 e.